The van der Waals surface area contributed by atoms with E-state index in [-0.39, 0.29) is 17.4 Å². The Labute approximate surface area is 184 Å². The van der Waals surface area contributed by atoms with E-state index >= 15 is 0 Å². The van der Waals surface area contributed by atoms with Gasteiger partial charge in [0, 0.05) is 45.2 Å². The van der Waals surface area contributed by atoms with E-state index in [2.05, 4.69) is 31.4 Å². The number of carbonyl (C=O) groups is 2. The normalized spacial score (nSPS) is 17.8. The number of nitrogens with one attached hydrogen (secondary N) is 2. The number of aromatic nitrogens is 1. The fourth-order valence-electron chi connectivity index (χ4n) is 3.45. The van der Waals surface area contributed by atoms with Gasteiger partial charge < -0.3 is 4.98 Å². The van der Waals surface area contributed by atoms with Crippen LogP contribution in [0.3, 0.4) is 0 Å². The number of hydrazone groups is 1. The Morgan fingerprint density at radius 2 is 1.93 bits per heavy atom. The predicted molar refractivity (Wildman–Crippen MR) is 122 cm³/mol. The molecule has 2 aromatic carbocycles. The number of halogens is 1. The fourth-order valence-corrected chi connectivity index (χ4v) is 4.56. The summed E-state index contributed by atoms with van der Waals surface area (Å²) in [5, 5.41) is 5.78. The molecule has 0 saturated carbocycles. The third-order valence-electron chi connectivity index (χ3n) is 4.96. The van der Waals surface area contributed by atoms with Gasteiger partial charge in [-0.05, 0) is 30.3 Å². The van der Waals surface area contributed by atoms with E-state index < -0.39 is 6.17 Å². The summed E-state index contributed by atoms with van der Waals surface area (Å²) in [6.07, 6.45) is 4.64. The Balaban J connectivity index is 1.28. The molecule has 2 aliphatic rings. The number of carbonyl (C=O) groups excluding carboxylic acids is 2. The fraction of sp³-hybridized carbons (Fsp3) is 0.0952. The second-order valence-electron chi connectivity index (χ2n) is 6.78. The minimum Gasteiger partial charge on any atom is -0.360 e. The van der Waals surface area contributed by atoms with E-state index in [1.165, 1.54) is 11.8 Å². The number of fused-ring (bicyclic) bond motifs is 2. The number of ketones is 1. The van der Waals surface area contributed by atoms with Crippen LogP contribution in [0.15, 0.2) is 76.7 Å². The molecule has 1 atom stereocenters. The van der Waals surface area contributed by atoms with Crippen molar-refractivity contribution in [3.05, 3.63) is 77.2 Å². The van der Waals surface area contributed by atoms with E-state index in [0.717, 1.165) is 21.1 Å². The number of benzene rings is 2. The molecule has 2 N–H and O–H groups in total. The van der Waals surface area contributed by atoms with Crippen molar-refractivity contribution >= 4 is 61.1 Å². The molecule has 0 aliphatic carbocycles. The van der Waals surface area contributed by atoms with Crippen molar-refractivity contribution in [1.82, 2.24) is 15.3 Å². The number of Topliss-reactive ketones (excluding diaryl/α,β-unsaturated/α-hetero) is 1. The van der Waals surface area contributed by atoms with Crippen molar-refractivity contribution < 1.29 is 9.59 Å². The van der Waals surface area contributed by atoms with Crippen LogP contribution in [0.25, 0.3) is 10.9 Å². The van der Waals surface area contributed by atoms with Crippen molar-refractivity contribution in [3.8, 4) is 0 Å². The maximum Gasteiger partial charge on any atom is 0.276 e. The summed E-state index contributed by atoms with van der Waals surface area (Å²) in [4.78, 5) is 32.1. The van der Waals surface area contributed by atoms with Crippen LogP contribution in [-0.2, 0) is 4.79 Å². The zero-order valence-electron chi connectivity index (χ0n) is 15.6. The molecule has 1 unspecified atom stereocenters. The van der Waals surface area contributed by atoms with Crippen LogP contribution in [0.5, 0.6) is 0 Å². The Bertz CT molecular complexity index is 1200. The molecule has 2 aliphatic heterocycles. The number of H-pyrrole nitrogens is 1. The Hall–Kier alpha value is -3.04. The average Bonchev–Trinajstić information content (AvgIpc) is 3.38. The summed E-state index contributed by atoms with van der Waals surface area (Å²) in [5.41, 5.74) is 5.25. The number of hydrogen-bond donors (Lipinski definition) is 2. The number of hydrogen-bond acceptors (Lipinski definition) is 6. The van der Waals surface area contributed by atoms with Crippen LogP contribution in [-0.4, -0.2) is 38.7 Å². The highest BCUT2D eigenvalue weighted by atomic mass is 79.9. The first-order chi connectivity index (χ1) is 14.6. The summed E-state index contributed by atoms with van der Waals surface area (Å²) < 4.78 is 0.946. The number of amidine groups is 1. The third-order valence-corrected chi connectivity index (χ3v) is 6.45. The largest absolute Gasteiger partial charge is 0.360 e. The van der Waals surface area contributed by atoms with E-state index in [1.807, 2.05) is 48.5 Å². The molecule has 0 radical (unpaired) electrons. The van der Waals surface area contributed by atoms with E-state index in [4.69, 9.17) is 0 Å². The zero-order valence-corrected chi connectivity index (χ0v) is 18.0. The number of anilines is 1. The molecule has 9 heteroatoms. The predicted octanol–water partition coefficient (Wildman–Crippen LogP) is 3.87. The zero-order chi connectivity index (χ0) is 20.7. The van der Waals surface area contributed by atoms with Gasteiger partial charge in [0.15, 0.2) is 11.0 Å². The summed E-state index contributed by atoms with van der Waals surface area (Å²) in [6.45, 7) is 0. The van der Waals surface area contributed by atoms with Crippen LogP contribution < -0.4 is 10.3 Å². The number of para-hydroxylation sites is 1. The number of rotatable bonds is 4. The first-order valence-corrected chi connectivity index (χ1v) is 11.0. The molecule has 7 nitrogen and oxygen atoms in total. The molecule has 0 spiro atoms. The van der Waals surface area contributed by atoms with Gasteiger partial charge in [-0.25, -0.2) is 0 Å². The van der Waals surface area contributed by atoms with Crippen molar-refractivity contribution in [3.63, 3.8) is 0 Å². The van der Waals surface area contributed by atoms with Crippen molar-refractivity contribution in [2.75, 3.05) is 10.7 Å². The van der Waals surface area contributed by atoms with Gasteiger partial charge in [0.25, 0.3) is 5.91 Å². The second kappa shape index (κ2) is 7.66. The van der Waals surface area contributed by atoms with Crippen LogP contribution in [0, 0.1) is 0 Å². The molecule has 0 bridgehead atoms. The van der Waals surface area contributed by atoms with Gasteiger partial charge >= 0.3 is 0 Å². The molecule has 1 aromatic heterocycles. The standard InChI is InChI=1S/C21H16BrN5O2S/c22-13-5-7-14(8-6-13)26-9-10-27-19(20(26)29)24-25-21(27)30-12-18(28)16-11-23-17-4-2-1-3-15(16)17/h1-11,19,23-24H,12H2. The first-order valence-electron chi connectivity index (χ1n) is 9.22. The Morgan fingerprint density at radius 1 is 1.13 bits per heavy atom. The van der Waals surface area contributed by atoms with Crippen LogP contribution >= 0.6 is 27.7 Å². The topological polar surface area (TPSA) is 80.8 Å². The third kappa shape index (κ3) is 3.29. The smallest absolute Gasteiger partial charge is 0.276 e. The minimum absolute atomic E-state index is 0.00686. The van der Waals surface area contributed by atoms with Gasteiger partial charge in [-0.1, -0.05) is 45.9 Å². The van der Waals surface area contributed by atoms with E-state index in [0.29, 0.717) is 10.7 Å². The number of aromatic amines is 1. The molecule has 5 rings (SSSR count). The molecule has 3 heterocycles. The lowest BCUT2D eigenvalue weighted by Gasteiger charge is -2.31. The maximum absolute atomic E-state index is 12.9. The van der Waals surface area contributed by atoms with E-state index in [9.17, 15) is 9.59 Å². The maximum atomic E-state index is 12.9. The molecule has 30 heavy (non-hydrogen) atoms. The number of amides is 1. The first kappa shape index (κ1) is 19.0. The molecule has 1 amide bonds. The molecule has 0 fully saturated rings. The average molecular weight is 482 g/mol. The van der Waals surface area contributed by atoms with Crippen molar-refractivity contribution in [2.24, 2.45) is 5.10 Å². The molecular formula is C21H16BrN5O2S. The summed E-state index contributed by atoms with van der Waals surface area (Å²) >= 11 is 4.71. The van der Waals surface area contributed by atoms with Crippen LogP contribution in [0.4, 0.5) is 5.69 Å². The van der Waals surface area contributed by atoms with Crippen molar-refractivity contribution in [2.45, 2.75) is 6.17 Å². The van der Waals surface area contributed by atoms with Crippen molar-refractivity contribution in [1.29, 1.82) is 0 Å². The lowest BCUT2D eigenvalue weighted by atomic mass is 10.1. The quantitative estimate of drug-likeness (QED) is 0.552. The Morgan fingerprint density at radius 3 is 2.77 bits per heavy atom. The molecular weight excluding hydrogens is 466 g/mol. The van der Waals surface area contributed by atoms with E-state index in [1.54, 1.807) is 28.4 Å². The highest BCUT2D eigenvalue weighted by molar-refractivity contribution is 9.10. The molecule has 0 saturated heterocycles. The summed E-state index contributed by atoms with van der Waals surface area (Å²) in [5.74, 6) is 0.0962. The minimum atomic E-state index is -0.621. The van der Waals surface area contributed by atoms with Crippen LogP contribution in [0.1, 0.15) is 10.4 Å². The van der Waals surface area contributed by atoms with Gasteiger partial charge in [-0.15, -0.1) is 0 Å². The molecule has 3 aromatic rings. The van der Waals surface area contributed by atoms with Gasteiger partial charge in [0.2, 0.25) is 6.17 Å². The molecule has 150 valence electrons. The van der Waals surface area contributed by atoms with Gasteiger partial charge in [0.05, 0.1) is 5.75 Å². The van der Waals surface area contributed by atoms with Crippen LogP contribution in [0.2, 0.25) is 0 Å². The lowest BCUT2D eigenvalue weighted by Crippen LogP contribution is -2.52. The monoisotopic (exact) mass is 481 g/mol. The summed E-state index contributed by atoms with van der Waals surface area (Å²) in [6, 6.07) is 15.2. The van der Waals surface area contributed by atoms with Gasteiger partial charge in [-0.2, -0.15) is 5.10 Å². The number of nitrogens with zero attached hydrogens (tertiary/aromatic N) is 3. The van der Waals surface area contributed by atoms with Gasteiger partial charge in [-0.3, -0.25) is 24.8 Å². The van der Waals surface area contributed by atoms with Gasteiger partial charge in [0.1, 0.15) is 0 Å². The highest BCUT2D eigenvalue weighted by Crippen LogP contribution is 2.27. The highest BCUT2D eigenvalue weighted by Gasteiger charge is 2.38. The lowest BCUT2D eigenvalue weighted by molar-refractivity contribution is -0.122. The second-order valence-corrected chi connectivity index (χ2v) is 8.63. The summed E-state index contributed by atoms with van der Waals surface area (Å²) in [7, 11) is 0. The Kier molecular flexibility index (Phi) is 4.84. The number of thioether (sulfide) groups is 1. The SMILES string of the molecule is O=C(CSC1=NNC2C(=O)N(c3ccc(Br)cc3)C=CN12)c1c[nH]c2ccccc12.